The number of carbonyl (C=O) groups is 1. The standard InChI is InChI=1S/C62H123NO4/c1-3-5-7-9-11-13-15-17-19-20-21-22-23-24-25-26-27-28-29-30-31-32-33-34-35-36-37-38-39-40-41-43-45-47-49-51-53-55-57-61(66)62(67)63-59(58-64)60(65)56-54-52-50-48-46-44-42-18-16-14-12-10-8-6-4-2/h30-31,59-61,64-66H,3-29,32-58H2,1-2H3,(H,63,67)/b31-30-. The molecule has 0 aliphatic carbocycles. The molecule has 0 rings (SSSR count). The van der Waals surface area contributed by atoms with Gasteiger partial charge in [0.1, 0.15) is 6.10 Å². The molecule has 0 aromatic rings. The number of unbranched alkanes of at least 4 members (excludes halogenated alkanes) is 48. The molecule has 0 aliphatic heterocycles. The zero-order chi connectivity index (χ0) is 48.6. The molecule has 0 radical (unpaired) electrons. The van der Waals surface area contributed by atoms with Crippen LogP contribution in [0.15, 0.2) is 12.2 Å². The molecule has 400 valence electrons. The SMILES string of the molecule is CCCCCCCCCCCCCCCCCCCC/C=C\CCCCCCCCCCCCCCCCCCC(O)C(=O)NC(CO)C(O)CCCCCCCCCCCCCCCCC. The van der Waals surface area contributed by atoms with Gasteiger partial charge in [0.25, 0.3) is 0 Å². The van der Waals surface area contributed by atoms with E-state index in [1.165, 1.54) is 295 Å². The van der Waals surface area contributed by atoms with E-state index in [0.717, 1.165) is 32.1 Å². The van der Waals surface area contributed by atoms with Gasteiger partial charge in [0, 0.05) is 0 Å². The van der Waals surface area contributed by atoms with Crippen molar-refractivity contribution in [2.75, 3.05) is 6.61 Å². The van der Waals surface area contributed by atoms with Crippen LogP contribution in [0.25, 0.3) is 0 Å². The summed E-state index contributed by atoms with van der Waals surface area (Å²) >= 11 is 0. The van der Waals surface area contributed by atoms with Crippen molar-refractivity contribution >= 4 is 5.91 Å². The molecule has 0 aromatic carbocycles. The van der Waals surface area contributed by atoms with E-state index in [4.69, 9.17) is 0 Å². The van der Waals surface area contributed by atoms with Gasteiger partial charge in [-0.15, -0.1) is 0 Å². The van der Waals surface area contributed by atoms with Crippen LogP contribution < -0.4 is 5.32 Å². The minimum Gasteiger partial charge on any atom is -0.394 e. The highest BCUT2D eigenvalue weighted by Gasteiger charge is 2.23. The highest BCUT2D eigenvalue weighted by Crippen LogP contribution is 2.19. The highest BCUT2D eigenvalue weighted by atomic mass is 16.3. The zero-order valence-electron chi connectivity index (χ0n) is 45.8. The van der Waals surface area contributed by atoms with Gasteiger partial charge in [0.2, 0.25) is 5.91 Å². The maximum absolute atomic E-state index is 12.6. The van der Waals surface area contributed by atoms with Crippen molar-refractivity contribution < 1.29 is 20.1 Å². The van der Waals surface area contributed by atoms with Gasteiger partial charge in [-0.3, -0.25) is 4.79 Å². The summed E-state index contributed by atoms with van der Waals surface area (Å²) in [5, 5.41) is 33.5. The maximum atomic E-state index is 12.6. The highest BCUT2D eigenvalue weighted by molar-refractivity contribution is 5.80. The smallest absolute Gasteiger partial charge is 0.249 e. The lowest BCUT2D eigenvalue weighted by atomic mass is 10.0. The predicted molar refractivity (Wildman–Crippen MR) is 296 cm³/mol. The number of hydrogen-bond donors (Lipinski definition) is 4. The van der Waals surface area contributed by atoms with Crippen molar-refractivity contribution in [3.63, 3.8) is 0 Å². The summed E-state index contributed by atoms with van der Waals surface area (Å²) < 4.78 is 0. The lowest BCUT2D eigenvalue weighted by Gasteiger charge is -2.23. The Morgan fingerprint density at radius 2 is 0.567 bits per heavy atom. The molecule has 4 N–H and O–H groups in total. The first-order valence-corrected chi connectivity index (χ1v) is 31.0. The van der Waals surface area contributed by atoms with E-state index in [-0.39, 0.29) is 6.61 Å². The number of carbonyl (C=O) groups excluding carboxylic acids is 1. The lowest BCUT2D eigenvalue weighted by Crippen LogP contribution is -2.49. The molecule has 3 atom stereocenters. The molecule has 0 heterocycles. The minimum atomic E-state index is -1.07. The number of aliphatic hydroxyl groups is 3. The van der Waals surface area contributed by atoms with Gasteiger partial charge in [0.15, 0.2) is 0 Å². The third kappa shape index (κ3) is 52.7. The second-order valence-corrected chi connectivity index (χ2v) is 21.6. The van der Waals surface area contributed by atoms with Gasteiger partial charge >= 0.3 is 0 Å². The molecule has 0 saturated carbocycles. The third-order valence-electron chi connectivity index (χ3n) is 14.9. The summed E-state index contributed by atoms with van der Waals surface area (Å²) in [6.45, 7) is 4.27. The van der Waals surface area contributed by atoms with E-state index in [1.807, 2.05) is 0 Å². The Morgan fingerprint density at radius 3 is 0.821 bits per heavy atom. The molecule has 5 heteroatoms. The van der Waals surface area contributed by atoms with Crippen molar-refractivity contribution in [3.05, 3.63) is 12.2 Å². The Balaban J connectivity index is 3.42. The van der Waals surface area contributed by atoms with E-state index in [0.29, 0.717) is 12.8 Å². The van der Waals surface area contributed by atoms with Crippen molar-refractivity contribution in [3.8, 4) is 0 Å². The molecule has 0 aromatic heterocycles. The second-order valence-electron chi connectivity index (χ2n) is 21.6. The average molecular weight is 947 g/mol. The molecule has 0 saturated heterocycles. The van der Waals surface area contributed by atoms with Gasteiger partial charge in [0.05, 0.1) is 18.8 Å². The van der Waals surface area contributed by atoms with Crippen molar-refractivity contribution in [2.24, 2.45) is 0 Å². The first kappa shape index (κ1) is 66.1. The Hall–Kier alpha value is -0.910. The number of allylic oxidation sites excluding steroid dienone is 2. The van der Waals surface area contributed by atoms with E-state index < -0.39 is 24.2 Å². The van der Waals surface area contributed by atoms with Crippen LogP contribution >= 0.6 is 0 Å². The quantitative estimate of drug-likeness (QED) is 0.0361. The van der Waals surface area contributed by atoms with Crippen LogP contribution in [0, 0.1) is 0 Å². The summed E-state index contributed by atoms with van der Waals surface area (Å²) in [7, 11) is 0. The van der Waals surface area contributed by atoms with E-state index in [9.17, 15) is 20.1 Å². The van der Waals surface area contributed by atoms with Crippen LogP contribution in [-0.2, 0) is 4.79 Å². The van der Waals surface area contributed by atoms with Gasteiger partial charge in [-0.2, -0.15) is 0 Å². The Labute approximate surface area is 420 Å². The predicted octanol–water partition coefficient (Wildman–Crippen LogP) is 19.5. The Morgan fingerprint density at radius 1 is 0.343 bits per heavy atom. The summed E-state index contributed by atoms with van der Waals surface area (Å²) in [6.07, 6.45) is 73.0. The van der Waals surface area contributed by atoms with E-state index >= 15 is 0 Å². The topological polar surface area (TPSA) is 89.8 Å². The molecule has 5 nitrogen and oxygen atoms in total. The zero-order valence-corrected chi connectivity index (χ0v) is 45.8. The lowest BCUT2D eigenvalue weighted by molar-refractivity contribution is -0.131. The molecule has 0 spiro atoms. The summed E-state index contributed by atoms with van der Waals surface area (Å²) in [5.41, 5.74) is 0. The molecular formula is C62H123NO4. The maximum Gasteiger partial charge on any atom is 0.249 e. The van der Waals surface area contributed by atoms with Crippen LogP contribution in [0.1, 0.15) is 354 Å². The van der Waals surface area contributed by atoms with E-state index in [1.54, 1.807) is 0 Å². The molecular weight excluding hydrogens is 823 g/mol. The fourth-order valence-electron chi connectivity index (χ4n) is 10.1. The van der Waals surface area contributed by atoms with Crippen molar-refractivity contribution in [1.29, 1.82) is 0 Å². The van der Waals surface area contributed by atoms with Crippen molar-refractivity contribution in [1.82, 2.24) is 5.32 Å². The average Bonchev–Trinajstić information content (AvgIpc) is 3.33. The Kier molecular flexibility index (Phi) is 56.9. The van der Waals surface area contributed by atoms with Gasteiger partial charge < -0.3 is 20.6 Å². The summed E-state index contributed by atoms with van der Waals surface area (Å²) in [4.78, 5) is 12.6. The van der Waals surface area contributed by atoms with E-state index in [2.05, 4.69) is 31.3 Å². The van der Waals surface area contributed by atoms with Gasteiger partial charge in [-0.1, -0.05) is 328 Å². The summed E-state index contributed by atoms with van der Waals surface area (Å²) in [5.74, 6) is -0.464. The van der Waals surface area contributed by atoms with Crippen LogP contribution in [-0.4, -0.2) is 46.1 Å². The molecule has 67 heavy (non-hydrogen) atoms. The Bertz CT molecular complexity index is 956. The third-order valence-corrected chi connectivity index (χ3v) is 14.9. The van der Waals surface area contributed by atoms with Crippen LogP contribution in [0.5, 0.6) is 0 Å². The second kappa shape index (κ2) is 57.7. The number of amides is 1. The van der Waals surface area contributed by atoms with Gasteiger partial charge in [-0.25, -0.2) is 0 Å². The number of nitrogens with one attached hydrogen (secondary N) is 1. The van der Waals surface area contributed by atoms with Crippen molar-refractivity contribution in [2.45, 2.75) is 372 Å². The monoisotopic (exact) mass is 946 g/mol. The van der Waals surface area contributed by atoms with Gasteiger partial charge in [-0.05, 0) is 38.5 Å². The summed E-state index contributed by atoms with van der Waals surface area (Å²) in [6, 6.07) is -0.709. The molecule has 3 unspecified atom stereocenters. The first-order valence-electron chi connectivity index (χ1n) is 31.0. The fraction of sp³-hybridized carbons (Fsp3) is 0.952. The van der Waals surface area contributed by atoms with Crippen LogP contribution in [0.2, 0.25) is 0 Å². The fourth-order valence-corrected chi connectivity index (χ4v) is 10.1. The normalized spacial score (nSPS) is 13.2. The number of aliphatic hydroxyl groups excluding tert-OH is 3. The number of rotatable bonds is 58. The first-order chi connectivity index (χ1) is 33.1. The molecule has 0 aliphatic rings. The van der Waals surface area contributed by atoms with Crippen LogP contribution in [0.3, 0.4) is 0 Å². The minimum absolute atomic E-state index is 0.309. The molecule has 0 fully saturated rings. The van der Waals surface area contributed by atoms with Crippen LogP contribution in [0.4, 0.5) is 0 Å². The molecule has 1 amide bonds. The largest absolute Gasteiger partial charge is 0.394 e. The molecule has 0 bridgehead atoms. The number of hydrogen-bond acceptors (Lipinski definition) is 4.